The van der Waals surface area contributed by atoms with Gasteiger partial charge in [0.15, 0.2) is 0 Å². The zero-order chi connectivity index (χ0) is 13.0. The van der Waals surface area contributed by atoms with Gasteiger partial charge in [-0.15, -0.1) is 0 Å². The molecule has 1 aromatic carbocycles. The number of nitrogens with zero attached hydrogens (tertiary/aromatic N) is 1. The smallest absolute Gasteiger partial charge is 0.0564 e. The topological polar surface area (TPSA) is 4.93 Å². The molecule has 0 fully saturated rings. The number of hydrogen-bond donors (Lipinski definition) is 0. The van der Waals surface area contributed by atoms with Crippen molar-refractivity contribution in [3.63, 3.8) is 0 Å². The predicted molar refractivity (Wildman–Crippen MR) is 79.1 cm³/mol. The molecule has 1 nitrogen and oxygen atoms in total. The number of benzene rings is 1. The Morgan fingerprint density at radius 3 is 2.50 bits per heavy atom. The van der Waals surface area contributed by atoms with E-state index in [1.54, 1.807) is 0 Å². The van der Waals surface area contributed by atoms with E-state index in [2.05, 4.69) is 51.3 Å². The lowest BCUT2D eigenvalue weighted by Crippen LogP contribution is -1.99. The second-order valence-electron chi connectivity index (χ2n) is 5.53. The molecule has 1 aromatic heterocycles. The maximum atomic E-state index is 2.48. The lowest BCUT2D eigenvalue weighted by molar-refractivity contribution is 0.765. The number of rotatable bonds is 1. The Hall–Kier alpha value is -1.50. The summed E-state index contributed by atoms with van der Waals surface area (Å²) in [6, 6.07) is 4.64. The summed E-state index contributed by atoms with van der Waals surface area (Å²) < 4.78 is 2.48. The molecule has 94 valence electrons. The van der Waals surface area contributed by atoms with Crippen molar-refractivity contribution in [1.82, 2.24) is 4.57 Å². The van der Waals surface area contributed by atoms with Crippen LogP contribution in [0, 0.1) is 13.8 Å². The minimum atomic E-state index is 1.05. The molecular formula is C17H21N. The van der Waals surface area contributed by atoms with Gasteiger partial charge in [-0.05, 0) is 57.7 Å². The quantitative estimate of drug-likeness (QED) is 0.684. The van der Waals surface area contributed by atoms with Crippen LogP contribution in [0.2, 0.25) is 0 Å². The second-order valence-corrected chi connectivity index (χ2v) is 5.53. The molecular weight excluding hydrogens is 218 g/mol. The lowest BCUT2D eigenvalue weighted by atomic mass is 10.0. The first-order valence-electron chi connectivity index (χ1n) is 6.84. The minimum absolute atomic E-state index is 1.05. The molecule has 1 aliphatic carbocycles. The number of hydrogen-bond acceptors (Lipinski definition) is 0. The van der Waals surface area contributed by atoms with Crippen LogP contribution in [0.25, 0.3) is 16.5 Å². The highest BCUT2D eigenvalue weighted by Crippen LogP contribution is 2.39. The summed E-state index contributed by atoms with van der Waals surface area (Å²) in [5.74, 6) is 0. The molecule has 0 amide bonds. The van der Waals surface area contributed by atoms with Crippen molar-refractivity contribution >= 4 is 16.5 Å². The minimum Gasteiger partial charge on any atom is -0.344 e. The zero-order valence-corrected chi connectivity index (χ0v) is 12.0. The Bertz CT molecular complexity index is 683. The number of aryl methyl sites for hydroxylation is 2. The molecule has 1 aliphatic rings. The van der Waals surface area contributed by atoms with Gasteiger partial charge in [0.1, 0.15) is 0 Å². The van der Waals surface area contributed by atoms with Crippen molar-refractivity contribution in [2.24, 2.45) is 0 Å². The fraction of sp³-hybridized carbons (Fsp3) is 0.412. The van der Waals surface area contributed by atoms with Gasteiger partial charge in [0.25, 0.3) is 0 Å². The molecule has 0 unspecified atom stereocenters. The van der Waals surface area contributed by atoms with Crippen LogP contribution in [0.5, 0.6) is 0 Å². The third-order valence-corrected chi connectivity index (χ3v) is 4.67. The fourth-order valence-corrected chi connectivity index (χ4v) is 3.37. The number of allylic oxidation sites excluding steroid dienone is 2. The van der Waals surface area contributed by atoms with E-state index in [9.17, 15) is 0 Å². The van der Waals surface area contributed by atoms with Crippen LogP contribution in [0.4, 0.5) is 0 Å². The van der Waals surface area contributed by atoms with Gasteiger partial charge in [0.2, 0.25) is 0 Å². The Morgan fingerprint density at radius 2 is 1.83 bits per heavy atom. The summed E-state index contributed by atoms with van der Waals surface area (Å²) in [5, 5.41) is 1.43. The zero-order valence-electron chi connectivity index (χ0n) is 12.0. The largest absolute Gasteiger partial charge is 0.344 e. The Labute approximate surface area is 109 Å². The van der Waals surface area contributed by atoms with Crippen LogP contribution in [0.3, 0.4) is 0 Å². The summed E-state index contributed by atoms with van der Waals surface area (Å²) in [7, 11) is 0. The molecule has 0 aliphatic heterocycles. The van der Waals surface area contributed by atoms with E-state index < -0.39 is 0 Å². The SMILES string of the molecule is CCn1c(C)c(C)c2ccc3c(c21)C(C)=C(C)C3. The third-order valence-electron chi connectivity index (χ3n) is 4.67. The molecule has 18 heavy (non-hydrogen) atoms. The summed E-state index contributed by atoms with van der Waals surface area (Å²) in [6.45, 7) is 12.3. The van der Waals surface area contributed by atoms with Gasteiger partial charge in [-0.1, -0.05) is 17.7 Å². The van der Waals surface area contributed by atoms with Crippen LogP contribution in [-0.2, 0) is 13.0 Å². The van der Waals surface area contributed by atoms with E-state index in [-0.39, 0.29) is 0 Å². The molecule has 0 spiro atoms. The number of fused-ring (bicyclic) bond motifs is 3. The van der Waals surface area contributed by atoms with Crippen molar-refractivity contribution in [1.29, 1.82) is 0 Å². The summed E-state index contributed by atoms with van der Waals surface area (Å²) in [4.78, 5) is 0. The average molecular weight is 239 g/mol. The van der Waals surface area contributed by atoms with Gasteiger partial charge in [0.05, 0.1) is 5.52 Å². The second kappa shape index (κ2) is 3.74. The maximum Gasteiger partial charge on any atom is 0.0564 e. The third kappa shape index (κ3) is 1.28. The molecule has 3 rings (SSSR count). The highest BCUT2D eigenvalue weighted by molar-refractivity contribution is 5.98. The number of aromatic nitrogens is 1. The highest BCUT2D eigenvalue weighted by Gasteiger charge is 2.22. The Kier molecular flexibility index (Phi) is 2.41. The molecule has 0 radical (unpaired) electrons. The van der Waals surface area contributed by atoms with Gasteiger partial charge in [0, 0.05) is 23.2 Å². The normalized spacial score (nSPS) is 14.7. The Balaban J connectivity index is 2.50. The maximum absolute atomic E-state index is 2.48. The van der Waals surface area contributed by atoms with Crippen LogP contribution >= 0.6 is 0 Å². The molecule has 0 N–H and O–H groups in total. The summed E-state index contributed by atoms with van der Waals surface area (Å²) in [6.07, 6.45) is 1.13. The fourth-order valence-electron chi connectivity index (χ4n) is 3.37. The van der Waals surface area contributed by atoms with Crippen LogP contribution in [0.1, 0.15) is 43.2 Å². The summed E-state index contributed by atoms with van der Waals surface area (Å²) in [5.41, 5.74) is 10.3. The van der Waals surface area contributed by atoms with Gasteiger partial charge >= 0.3 is 0 Å². The summed E-state index contributed by atoms with van der Waals surface area (Å²) >= 11 is 0. The predicted octanol–water partition coefficient (Wildman–Crippen LogP) is 4.63. The molecule has 2 aromatic rings. The van der Waals surface area contributed by atoms with Crippen molar-refractivity contribution in [3.8, 4) is 0 Å². The lowest BCUT2D eigenvalue weighted by Gasteiger charge is -2.10. The van der Waals surface area contributed by atoms with Gasteiger partial charge in [-0.25, -0.2) is 0 Å². The van der Waals surface area contributed by atoms with E-state index in [1.165, 1.54) is 44.4 Å². The van der Waals surface area contributed by atoms with Crippen molar-refractivity contribution in [3.05, 3.63) is 40.1 Å². The van der Waals surface area contributed by atoms with Crippen LogP contribution in [-0.4, -0.2) is 4.57 Å². The van der Waals surface area contributed by atoms with Crippen LogP contribution < -0.4 is 0 Å². The first kappa shape index (κ1) is 11.6. The van der Waals surface area contributed by atoms with Gasteiger partial charge < -0.3 is 4.57 Å². The van der Waals surface area contributed by atoms with E-state index in [0.717, 1.165) is 13.0 Å². The molecule has 0 bridgehead atoms. The molecule has 0 saturated carbocycles. The first-order chi connectivity index (χ1) is 8.56. The van der Waals surface area contributed by atoms with Crippen LogP contribution in [0.15, 0.2) is 17.7 Å². The molecule has 0 saturated heterocycles. The highest BCUT2D eigenvalue weighted by atomic mass is 15.0. The molecule has 0 atom stereocenters. The molecule has 1 heteroatoms. The average Bonchev–Trinajstić information content (AvgIpc) is 2.77. The van der Waals surface area contributed by atoms with E-state index in [0.29, 0.717) is 0 Å². The van der Waals surface area contributed by atoms with Gasteiger partial charge in [-0.3, -0.25) is 0 Å². The van der Waals surface area contributed by atoms with Crippen molar-refractivity contribution in [2.75, 3.05) is 0 Å². The van der Waals surface area contributed by atoms with Crippen molar-refractivity contribution in [2.45, 2.75) is 47.6 Å². The van der Waals surface area contributed by atoms with E-state index in [4.69, 9.17) is 0 Å². The van der Waals surface area contributed by atoms with Gasteiger partial charge in [-0.2, -0.15) is 0 Å². The van der Waals surface area contributed by atoms with Crippen molar-refractivity contribution < 1.29 is 0 Å². The van der Waals surface area contributed by atoms with E-state index in [1.807, 2.05) is 0 Å². The Morgan fingerprint density at radius 1 is 1.11 bits per heavy atom. The van der Waals surface area contributed by atoms with E-state index >= 15 is 0 Å². The standard InChI is InChI=1S/C17H21N/c1-6-18-13(5)12(4)15-8-7-14-9-10(2)11(3)16(14)17(15)18/h7-8H,6,9H2,1-5H3. The monoisotopic (exact) mass is 239 g/mol. The first-order valence-corrected chi connectivity index (χ1v) is 6.84. The molecule has 1 heterocycles.